The molecule has 4 nitrogen and oxygen atoms in total. The van der Waals surface area contributed by atoms with E-state index in [0.717, 1.165) is 18.8 Å². The lowest BCUT2D eigenvalue weighted by atomic mass is 10.2. The summed E-state index contributed by atoms with van der Waals surface area (Å²) in [7, 11) is 0. The molecule has 0 fully saturated rings. The second-order valence-corrected chi connectivity index (χ2v) is 6.29. The zero-order valence-corrected chi connectivity index (χ0v) is 14.2. The summed E-state index contributed by atoms with van der Waals surface area (Å²) in [5, 5.41) is 2.70. The molecular formula is C15H22Cl2N2O2. The maximum absolute atomic E-state index is 11.7. The number of nitrogens with zero attached hydrogens (tertiary/aromatic N) is 1. The molecule has 6 heteroatoms. The molecular weight excluding hydrogens is 311 g/mol. The average Bonchev–Trinajstić information content (AvgIpc) is 2.37. The number of carbonyl (C=O) groups excluding carboxylic acids is 1. The molecule has 118 valence electrons. The van der Waals surface area contributed by atoms with E-state index in [0.29, 0.717) is 17.4 Å². The molecule has 0 aromatic heterocycles. The molecule has 0 aliphatic rings. The van der Waals surface area contributed by atoms with Crippen LogP contribution in [0.1, 0.15) is 20.8 Å². The van der Waals surface area contributed by atoms with Crippen molar-refractivity contribution in [3.05, 3.63) is 24.3 Å². The van der Waals surface area contributed by atoms with Gasteiger partial charge in [-0.25, -0.2) is 4.79 Å². The van der Waals surface area contributed by atoms with Gasteiger partial charge in [-0.3, -0.25) is 5.32 Å². The highest BCUT2D eigenvalue weighted by atomic mass is 35.5. The number of rotatable bonds is 6. The average molecular weight is 333 g/mol. The Labute approximate surface area is 136 Å². The van der Waals surface area contributed by atoms with E-state index in [1.165, 1.54) is 0 Å². The maximum Gasteiger partial charge on any atom is 0.412 e. The van der Waals surface area contributed by atoms with Crippen LogP contribution in [-0.4, -0.2) is 36.5 Å². The van der Waals surface area contributed by atoms with E-state index in [1.807, 2.05) is 45.0 Å². The summed E-state index contributed by atoms with van der Waals surface area (Å²) in [5.74, 6) is 1.07. The zero-order chi connectivity index (χ0) is 15.9. The highest BCUT2D eigenvalue weighted by Gasteiger charge is 2.16. The first kappa shape index (κ1) is 17.9. The third-order valence-electron chi connectivity index (χ3n) is 2.59. The summed E-state index contributed by atoms with van der Waals surface area (Å²) in [6, 6.07) is 7.50. The van der Waals surface area contributed by atoms with Crippen molar-refractivity contribution in [2.24, 2.45) is 0 Å². The predicted octanol–water partition coefficient (Wildman–Crippen LogP) is 4.32. The van der Waals surface area contributed by atoms with Crippen LogP contribution in [0.15, 0.2) is 24.3 Å². The van der Waals surface area contributed by atoms with Gasteiger partial charge in [0.05, 0.1) is 0 Å². The number of alkyl halides is 2. The van der Waals surface area contributed by atoms with Crippen molar-refractivity contribution in [3.8, 4) is 0 Å². The topological polar surface area (TPSA) is 41.6 Å². The van der Waals surface area contributed by atoms with Gasteiger partial charge in [-0.05, 0) is 45.0 Å². The van der Waals surface area contributed by atoms with Crippen LogP contribution in [0, 0.1) is 0 Å². The lowest BCUT2D eigenvalue weighted by Crippen LogP contribution is -2.28. The van der Waals surface area contributed by atoms with Crippen molar-refractivity contribution in [2.75, 3.05) is 35.1 Å². The van der Waals surface area contributed by atoms with Crippen molar-refractivity contribution in [3.63, 3.8) is 0 Å². The number of benzene rings is 1. The molecule has 0 radical (unpaired) electrons. The second kappa shape index (κ2) is 8.35. The molecule has 0 bridgehead atoms. The number of nitrogens with one attached hydrogen (secondary N) is 1. The number of halogens is 2. The molecule has 1 rings (SSSR count). The molecule has 0 aliphatic heterocycles. The van der Waals surface area contributed by atoms with E-state index >= 15 is 0 Å². The van der Waals surface area contributed by atoms with Gasteiger partial charge in [-0.15, -0.1) is 23.2 Å². The predicted molar refractivity (Wildman–Crippen MR) is 90.0 cm³/mol. The van der Waals surface area contributed by atoms with Crippen molar-refractivity contribution in [1.82, 2.24) is 0 Å². The SMILES string of the molecule is CC(C)(C)OC(=O)Nc1ccc(N(CCCl)CCCl)cc1. The first-order valence-electron chi connectivity index (χ1n) is 6.82. The quantitative estimate of drug-likeness (QED) is 0.789. The fourth-order valence-corrected chi connectivity index (χ4v) is 2.16. The molecule has 0 atom stereocenters. The van der Waals surface area contributed by atoms with Gasteiger partial charge in [0.25, 0.3) is 0 Å². The zero-order valence-electron chi connectivity index (χ0n) is 12.7. The number of ether oxygens (including phenoxy) is 1. The van der Waals surface area contributed by atoms with Gasteiger partial charge >= 0.3 is 6.09 Å². The minimum absolute atomic E-state index is 0.464. The Balaban J connectivity index is 2.66. The molecule has 1 aromatic rings. The van der Waals surface area contributed by atoms with Gasteiger partial charge < -0.3 is 9.64 Å². The molecule has 0 saturated carbocycles. The Morgan fingerprint density at radius 1 is 1.14 bits per heavy atom. The molecule has 1 aromatic carbocycles. The first-order chi connectivity index (χ1) is 9.85. The van der Waals surface area contributed by atoms with Crippen LogP contribution >= 0.6 is 23.2 Å². The van der Waals surface area contributed by atoms with E-state index in [9.17, 15) is 4.79 Å². The molecule has 0 spiro atoms. The third kappa shape index (κ3) is 6.91. The fraction of sp³-hybridized carbons (Fsp3) is 0.533. The number of carbonyl (C=O) groups is 1. The minimum atomic E-state index is -0.512. The van der Waals surface area contributed by atoms with Gasteiger partial charge in [0.15, 0.2) is 0 Å². The maximum atomic E-state index is 11.7. The van der Waals surface area contributed by atoms with E-state index in [4.69, 9.17) is 27.9 Å². The third-order valence-corrected chi connectivity index (χ3v) is 2.92. The summed E-state index contributed by atoms with van der Waals surface area (Å²) in [6.07, 6.45) is -0.464. The summed E-state index contributed by atoms with van der Waals surface area (Å²) >= 11 is 11.6. The number of anilines is 2. The standard InChI is InChI=1S/C15H22Cl2N2O2/c1-15(2,3)21-14(20)18-12-4-6-13(7-5-12)19(10-8-16)11-9-17/h4-7H,8-11H2,1-3H3,(H,18,20). The van der Waals surface area contributed by atoms with Crippen LogP contribution in [0.5, 0.6) is 0 Å². The number of amides is 1. The summed E-state index contributed by atoms with van der Waals surface area (Å²) in [6.45, 7) is 6.93. The summed E-state index contributed by atoms with van der Waals surface area (Å²) in [4.78, 5) is 13.8. The van der Waals surface area contributed by atoms with Crippen LogP contribution in [0.4, 0.5) is 16.2 Å². The van der Waals surface area contributed by atoms with E-state index < -0.39 is 11.7 Å². The molecule has 1 amide bonds. The van der Waals surface area contributed by atoms with E-state index in [2.05, 4.69) is 10.2 Å². The van der Waals surface area contributed by atoms with Gasteiger partial charge in [0.1, 0.15) is 5.60 Å². The van der Waals surface area contributed by atoms with Gasteiger partial charge in [-0.2, -0.15) is 0 Å². The smallest absolute Gasteiger partial charge is 0.412 e. The highest BCUT2D eigenvalue weighted by molar-refractivity contribution is 6.18. The molecule has 1 N–H and O–H groups in total. The van der Waals surface area contributed by atoms with Gasteiger partial charge in [0, 0.05) is 36.2 Å². The second-order valence-electron chi connectivity index (χ2n) is 5.54. The van der Waals surface area contributed by atoms with Gasteiger partial charge in [0.2, 0.25) is 0 Å². The Bertz CT molecular complexity index is 438. The Morgan fingerprint density at radius 3 is 2.10 bits per heavy atom. The van der Waals surface area contributed by atoms with E-state index in [1.54, 1.807) is 0 Å². The first-order valence-corrected chi connectivity index (χ1v) is 7.89. The lowest BCUT2D eigenvalue weighted by molar-refractivity contribution is 0.0636. The lowest BCUT2D eigenvalue weighted by Gasteiger charge is -2.23. The van der Waals surface area contributed by atoms with Crippen LogP contribution in [-0.2, 0) is 4.74 Å². The van der Waals surface area contributed by atoms with Crippen molar-refractivity contribution in [1.29, 1.82) is 0 Å². The van der Waals surface area contributed by atoms with Crippen LogP contribution in [0.25, 0.3) is 0 Å². The molecule has 0 unspecified atom stereocenters. The molecule has 0 aliphatic carbocycles. The van der Waals surface area contributed by atoms with Gasteiger partial charge in [-0.1, -0.05) is 0 Å². The normalized spacial score (nSPS) is 11.1. The Morgan fingerprint density at radius 2 is 1.67 bits per heavy atom. The number of hydrogen-bond acceptors (Lipinski definition) is 3. The fourth-order valence-electron chi connectivity index (χ4n) is 1.75. The summed E-state index contributed by atoms with van der Waals surface area (Å²) < 4.78 is 5.20. The molecule has 21 heavy (non-hydrogen) atoms. The van der Waals surface area contributed by atoms with Crippen molar-refractivity contribution < 1.29 is 9.53 Å². The van der Waals surface area contributed by atoms with Crippen LogP contribution in [0.3, 0.4) is 0 Å². The van der Waals surface area contributed by atoms with Crippen molar-refractivity contribution >= 4 is 40.7 Å². The molecule has 0 saturated heterocycles. The monoisotopic (exact) mass is 332 g/mol. The summed E-state index contributed by atoms with van der Waals surface area (Å²) in [5.41, 5.74) is 1.19. The highest BCUT2D eigenvalue weighted by Crippen LogP contribution is 2.19. The van der Waals surface area contributed by atoms with E-state index in [-0.39, 0.29) is 0 Å². The Hall–Kier alpha value is -1.13. The Kier molecular flexibility index (Phi) is 7.12. The molecule has 0 heterocycles. The largest absolute Gasteiger partial charge is 0.444 e. The number of hydrogen-bond donors (Lipinski definition) is 1. The minimum Gasteiger partial charge on any atom is -0.444 e. The van der Waals surface area contributed by atoms with Crippen LogP contribution < -0.4 is 10.2 Å². The van der Waals surface area contributed by atoms with Crippen molar-refractivity contribution in [2.45, 2.75) is 26.4 Å². The van der Waals surface area contributed by atoms with Crippen LogP contribution in [0.2, 0.25) is 0 Å².